The summed E-state index contributed by atoms with van der Waals surface area (Å²) in [7, 11) is 0. The Morgan fingerprint density at radius 3 is 2.83 bits per heavy atom. The first kappa shape index (κ1) is 15.7. The first-order chi connectivity index (χ1) is 11.2. The van der Waals surface area contributed by atoms with Crippen LogP contribution in [0.5, 0.6) is 0 Å². The van der Waals surface area contributed by atoms with Gasteiger partial charge in [-0.05, 0) is 66.5 Å². The normalized spacial score (nSPS) is 24.1. The number of piperidine rings is 1. The molecule has 120 valence electrons. The molecule has 2 heterocycles. The maximum atomic E-state index is 6.16. The van der Waals surface area contributed by atoms with E-state index in [1.165, 1.54) is 41.4 Å². The van der Waals surface area contributed by atoms with E-state index in [9.17, 15) is 0 Å². The zero-order chi connectivity index (χ0) is 15.8. The van der Waals surface area contributed by atoms with E-state index in [1.54, 1.807) is 5.56 Å². The average Bonchev–Trinajstić information content (AvgIpc) is 2.49. The fraction of sp³-hybridized carbons (Fsp3) is 0.400. The van der Waals surface area contributed by atoms with Crippen molar-refractivity contribution in [2.24, 2.45) is 5.92 Å². The smallest absolute Gasteiger partial charge is 0.0409 e. The highest BCUT2D eigenvalue weighted by atomic mass is 79.9. The number of rotatable bonds is 2. The molecule has 2 aromatic rings. The molecule has 0 N–H and O–H groups in total. The van der Waals surface area contributed by atoms with E-state index in [0.29, 0.717) is 6.04 Å². The first-order valence-electron chi connectivity index (χ1n) is 8.44. The lowest BCUT2D eigenvalue weighted by atomic mass is 9.80. The maximum Gasteiger partial charge on any atom is 0.0409 e. The number of fused-ring (bicyclic) bond motifs is 2. The fourth-order valence-electron chi connectivity index (χ4n) is 4.21. The van der Waals surface area contributed by atoms with Gasteiger partial charge in [0.15, 0.2) is 0 Å². The van der Waals surface area contributed by atoms with Crippen molar-refractivity contribution < 1.29 is 0 Å². The van der Waals surface area contributed by atoms with Gasteiger partial charge in [-0.1, -0.05) is 51.8 Å². The Morgan fingerprint density at radius 2 is 1.96 bits per heavy atom. The number of halogens is 2. The van der Waals surface area contributed by atoms with Crippen LogP contribution in [0.2, 0.25) is 5.02 Å². The largest absolute Gasteiger partial charge is 0.296 e. The van der Waals surface area contributed by atoms with Crippen LogP contribution in [0, 0.1) is 5.92 Å². The lowest BCUT2D eigenvalue weighted by Crippen LogP contribution is -2.46. The zero-order valence-electron chi connectivity index (χ0n) is 13.1. The molecule has 0 aromatic heterocycles. The summed E-state index contributed by atoms with van der Waals surface area (Å²) >= 11 is 9.94. The Morgan fingerprint density at radius 1 is 1.09 bits per heavy atom. The molecular formula is C20H21BrClN. The molecule has 1 fully saturated rings. The van der Waals surface area contributed by atoms with Gasteiger partial charge in [0.25, 0.3) is 0 Å². The Hall–Kier alpha value is -0.830. The third kappa shape index (κ3) is 3.35. The van der Waals surface area contributed by atoms with Crippen LogP contribution in [0.3, 0.4) is 0 Å². The maximum absolute atomic E-state index is 6.16. The molecule has 0 amide bonds. The number of nitrogens with zero attached hydrogens (tertiary/aromatic N) is 1. The minimum Gasteiger partial charge on any atom is -0.296 e. The van der Waals surface area contributed by atoms with E-state index in [4.69, 9.17) is 11.6 Å². The summed E-state index contributed by atoms with van der Waals surface area (Å²) in [6, 6.07) is 15.7. The van der Waals surface area contributed by atoms with Gasteiger partial charge in [-0.15, -0.1) is 0 Å². The van der Waals surface area contributed by atoms with Crippen LogP contribution in [0.15, 0.2) is 46.9 Å². The van der Waals surface area contributed by atoms with E-state index >= 15 is 0 Å². The molecule has 23 heavy (non-hydrogen) atoms. The van der Waals surface area contributed by atoms with Crippen LogP contribution < -0.4 is 0 Å². The monoisotopic (exact) mass is 389 g/mol. The van der Waals surface area contributed by atoms with E-state index in [-0.39, 0.29) is 0 Å². The third-order valence-electron chi connectivity index (χ3n) is 5.36. The first-order valence-corrected chi connectivity index (χ1v) is 9.61. The molecule has 0 spiro atoms. The molecule has 3 heteroatoms. The Balaban J connectivity index is 1.61. The van der Waals surface area contributed by atoms with E-state index in [0.717, 1.165) is 23.9 Å². The molecule has 2 atom stereocenters. The second kappa shape index (κ2) is 6.58. The summed E-state index contributed by atoms with van der Waals surface area (Å²) < 4.78 is 1.28. The van der Waals surface area contributed by atoms with Crippen LogP contribution in [0.1, 0.15) is 29.5 Å². The van der Waals surface area contributed by atoms with E-state index in [1.807, 2.05) is 6.07 Å². The fourth-order valence-corrected chi connectivity index (χ4v) is 5.00. The molecule has 2 unspecified atom stereocenters. The molecule has 2 aromatic carbocycles. The lowest BCUT2D eigenvalue weighted by Gasteiger charge is -2.42. The molecule has 5 rings (SSSR count). The Bertz CT molecular complexity index is 715. The summed E-state index contributed by atoms with van der Waals surface area (Å²) in [5.41, 5.74) is 4.41. The van der Waals surface area contributed by atoms with Gasteiger partial charge in [0.05, 0.1) is 0 Å². The summed E-state index contributed by atoms with van der Waals surface area (Å²) in [6.45, 7) is 2.23. The highest BCUT2D eigenvalue weighted by Gasteiger charge is 2.32. The Labute approximate surface area is 151 Å². The highest BCUT2D eigenvalue weighted by molar-refractivity contribution is 9.10. The molecule has 0 radical (unpaired) electrons. The highest BCUT2D eigenvalue weighted by Crippen LogP contribution is 2.35. The quantitative estimate of drug-likeness (QED) is 0.656. The molecule has 0 saturated carbocycles. The van der Waals surface area contributed by atoms with Gasteiger partial charge < -0.3 is 0 Å². The number of hydrogen-bond donors (Lipinski definition) is 0. The van der Waals surface area contributed by atoms with Crippen molar-refractivity contribution in [1.82, 2.24) is 4.90 Å². The van der Waals surface area contributed by atoms with Crippen molar-refractivity contribution in [3.63, 3.8) is 0 Å². The van der Waals surface area contributed by atoms with Crippen molar-refractivity contribution in [1.29, 1.82) is 0 Å². The predicted molar refractivity (Wildman–Crippen MR) is 99.9 cm³/mol. The summed E-state index contributed by atoms with van der Waals surface area (Å²) in [5, 5.41) is 0.841. The van der Waals surface area contributed by atoms with E-state index in [2.05, 4.69) is 57.2 Å². The molecule has 1 nitrogen and oxygen atoms in total. The van der Waals surface area contributed by atoms with Crippen molar-refractivity contribution >= 4 is 27.5 Å². The van der Waals surface area contributed by atoms with Crippen molar-refractivity contribution in [3.05, 3.63) is 68.7 Å². The lowest BCUT2D eigenvalue weighted by molar-refractivity contribution is 0.0937. The molecule has 2 aliphatic heterocycles. The molecule has 1 saturated heterocycles. The van der Waals surface area contributed by atoms with Gasteiger partial charge in [-0.3, -0.25) is 4.90 Å². The Kier molecular flexibility index (Phi) is 4.49. The average molecular weight is 391 g/mol. The van der Waals surface area contributed by atoms with Gasteiger partial charge in [0.2, 0.25) is 0 Å². The van der Waals surface area contributed by atoms with E-state index < -0.39 is 0 Å². The minimum absolute atomic E-state index is 0.642. The standard InChI is InChI=1S/C20H21BrClN/c21-20-6-2-4-16-9-15-7-8-18(11-19(16)20)23(13-15)12-14-3-1-5-17(22)10-14/h1-6,10,15,18H,7-9,11-13H2. The zero-order valence-corrected chi connectivity index (χ0v) is 15.5. The van der Waals surface area contributed by atoms with Crippen molar-refractivity contribution in [2.45, 2.75) is 38.3 Å². The SMILES string of the molecule is Clc1cccc(CN2CC3CCC2Cc2c(Br)cccc2C3)c1. The molecule has 1 aliphatic carbocycles. The topological polar surface area (TPSA) is 3.24 Å². The summed E-state index contributed by atoms with van der Waals surface area (Å²) in [5.74, 6) is 0.777. The second-order valence-electron chi connectivity index (χ2n) is 6.94. The molecule has 3 aliphatic rings. The predicted octanol–water partition coefficient (Wildman–Crippen LogP) is 5.48. The van der Waals surface area contributed by atoms with Gasteiger partial charge >= 0.3 is 0 Å². The van der Waals surface area contributed by atoms with Gasteiger partial charge in [-0.2, -0.15) is 0 Å². The van der Waals surface area contributed by atoms with Crippen molar-refractivity contribution in [2.75, 3.05) is 6.54 Å². The van der Waals surface area contributed by atoms with Crippen LogP contribution in [-0.4, -0.2) is 17.5 Å². The minimum atomic E-state index is 0.642. The van der Waals surface area contributed by atoms with Crippen molar-refractivity contribution in [3.8, 4) is 0 Å². The molecular weight excluding hydrogens is 370 g/mol. The van der Waals surface area contributed by atoms with Gasteiger partial charge in [-0.25, -0.2) is 0 Å². The van der Waals surface area contributed by atoms with Gasteiger partial charge in [0.1, 0.15) is 0 Å². The van der Waals surface area contributed by atoms with Gasteiger partial charge in [0, 0.05) is 28.6 Å². The van der Waals surface area contributed by atoms with Crippen LogP contribution in [-0.2, 0) is 19.4 Å². The third-order valence-corrected chi connectivity index (χ3v) is 6.33. The summed E-state index contributed by atoms with van der Waals surface area (Å²) in [4.78, 5) is 2.68. The second-order valence-corrected chi connectivity index (χ2v) is 8.23. The summed E-state index contributed by atoms with van der Waals surface area (Å²) in [6.07, 6.45) is 5.05. The van der Waals surface area contributed by atoms with Crippen LogP contribution in [0.4, 0.5) is 0 Å². The molecule has 2 bridgehead atoms. The van der Waals surface area contributed by atoms with Crippen LogP contribution >= 0.6 is 27.5 Å². The van der Waals surface area contributed by atoms with Crippen LogP contribution in [0.25, 0.3) is 0 Å². The number of hydrogen-bond acceptors (Lipinski definition) is 1. The number of benzene rings is 2.